The number of ether oxygens (including phenoxy) is 2. The minimum absolute atomic E-state index is 0.0887. The van der Waals surface area contributed by atoms with Crippen LogP contribution in [0.15, 0.2) is 48.5 Å². The van der Waals surface area contributed by atoms with Gasteiger partial charge < -0.3 is 9.47 Å². The molecule has 0 saturated carbocycles. The number of halogens is 3. The summed E-state index contributed by atoms with van der Waals surface area (Å²) in [5, 5.41) is 0.360. The van der Waals surface area contributed by atoms with Gasteiger partial charge in [-0.25, -0.2) is 4.98 Å². The van der Waals surface area contributed by atoms with Gasteiger partial charge >= 0.3 is 12.1 Å². The Labute approximate surface area is 146 Å². The van der Waals surface area contributed by atoms with Crippen molar-refractivity contribution in [1.82, 2.24) is 9.97 Å². The minimum atomic E-state index is -4.69. The smallest absolute Gasteiger partial charge is 0.451 e. The van der Waals surface area contributed by atoms with E-state index in [-0.39, 0.29) is 23.6 Å². The molecule has 0 amide bonds. The normalized spacial score (nSPS) is 11.4. The summed E-state index contributed by atoms with van der Waals surface area (Å²) in [6.45, 7) is 0. The fraction of sp³-hybridized carbons (Fsp3) is 0.167. The van der Waals surface area contributed by atoms with E-state index in [1.807, 2.05) is 0 Å². The van der Waals surface area contributed by atoms with Gasteiger partial charge in [0.2, 0.25) is 11.7 Å². The quantitative estimate of drug-likeness (QED) is 0.653. The maximum Gasteiger partial charge on any atom is 0.451 e. The molecule has 0 unspecified atom stereocenters. The SMILES string of the molecule is COC(=O)Cc1ccc(Oc2nc(C(F)(F)F)nc3ccccc23)cc1. The van der Waals surface area contributed by atoms with Crippen LogP contribution in [0.4, 0.5) is 13.2 Å². The van der Waals surface area contributed by atoms with Crippen molar-refractivity contribution in [3.8, 4) is 11.6 Å². The fourth-order valence-electron chi connectivity index (χ4n) is 2.28. The Hall–Kier alpha value is -3.16. The molecule has 5 nitrogen and oxygen atoms in total. The van der Waals surface area contributed by atoms with Crippen molar-refractivity contribution in [2.75, 3.05) is 7.11 Å². The van der Waals surface area contributed by atoms with Crippen LogP contribution in [0.2, 0.25) is 0 Å². The van der Waals surface area contributed by atoms with Crippen LogP contribution in [-0.2, 0) is 22.1 Å². The van der Waals surface area contributed by atoms with Gasteiger partial charge in [0, 0.05) is 0 Å². The second kappa shape index (κ2) is 6.99. The number of methoxy groups -OCH3 is 1. The van der Waals surface area contributed by atoms with E-state index in [9.17, 15) is 18.0 Å². The summed E-state index contributed by atoms with van der Waals surface area (Å²) in [6, 6.07) is 12.6. The first-order valence-electron chi connectivity index (χ1n) is 7.54. The predicted octanol–water partition coefficient (Wildman–Crippen LogP) is 4.16. The molecule has 134 valence electrons. The topological polar surface area (TPSA) is 61.3 Å². The van der Waals surface area contributed by atoms with Gasteiger partial charge in [-0.3, -0.25) is 4.79 Å². The van der Waals surface area contributed by atoms with Crippen LogP contribution < -0.4 is 4.74 Å². The predicted molar refractivity (Wildman–Crippen MR) is 86.8 cm³/mol. The lowest BCUT2D eigenvalue weighted by Gasteiger charge is -2.11. The van der Waals surface area contributed by atoms with E-state index in [2.05, 4.69) is 14.7 Å². The molecule has 1 heterocycles. The lowest BCUT2D eigenvalue weighted by atomic mass is 10.1. The van der Waals surface area contributed by atoms with Crippen molar-refractivity contribution < 1.29 is 27.4 Å². The third-order valence-corrected chi connectivity index (χ3v) is 3.54. The first-order chi connectivity index (χ1) is 12.4. The molecule has 0 aliphatic heterocycles. The van der Waals surface area contributed by atoms with E-state index >= 15 is 0 Å². The molecule has 3 rings (SSSR count). The molecule has 0 saturated heterocycles. The van der Waals surface area contributed by atoms with Gasteiger partial charge in [0.1, 0.15) is 5.75 Å². The Morgan fingerprint density at radius 3 is 2.38 bits per heavy atom. The summed E-state index contributed by atoms with van der Waals surface area (Å²) < 4.78 is 49.2. The van der Waals surface area contributed by atoms with E-state index in [1.54, 1.807) is 42.5 Å². The number of para-hydroxylation sites is 1. The van der Waals surface area contributed by atoms with Gasteiger partial charge in [0.25, 0.3) is 0 Å². The number of hydrogen-bond acceptors (Lipinski definition) is 5. The Morgan fingerprint density at radius 1 is 1.04 bits per heavy atom. The van der Waals surface area contributed by atoms with Crippen LogP contribution in [0.25, 0.3) is 10.9 Å². The third kappa shape index (κ3) is 3.90. The number of alkyl halides is 3. The monoisotopic (exact) mass is 362 g/mol. The molecule has 1 aromatic heterocycles. The number of fused-ring (bicyclic) bond motifs is 1. The van der Waals surface area contributed by atoms with E-state index in [0.717, 1.165) is 0 Å². The van der Waals surface area contributed by atoms with Crippen LogP contribution in [0.3, 0.4) is 0 Å². The van der Waals surface area contributed by atoms with Crippen molar-refractivity contribution in [3.63, 3.8) is 0 Å². The standard InChI is InChI=1S/C18H13F3N2O3/c1-25-15(24)10-11-6-8-12(9-7-11)26-16-13-4-2-3-5-14(13)22-17(23-16)18(19,20)21/h2-9H,10H2,1H3. The summed E-state index contributed by atoms with van der Waals surface area (Å²) in [6.07, 6.45) is -4.60. The molecular weight excluding hydrogens is 349 g/mol. The van der Waals surface area contributed by atoms with Crippen molar-refractivity contribution >= 4 is 16.9 Å². The summed E-state index contributed by atoms with van der Waals surface area (Å²) in [4.78, 5) is 18.3. The van der Waals surface area contributed by atoms with Gasteiger partial charge in [-0.1, -0.05) is 24.3 Å². The number of rotatable bonds is 4. The van der Waals surface area contributed by atoms with Crippen LogP contribution in [-0.4, -0.2) is 23.0 Å². The molecular formula is C18H13F3N2O3. The maximum absolute atomic E-state index is 13.0. The molecule has 0 aliphatic rings. The van der Waals surface area contributed by atoms with E-state index < -0.39 is 18.0 Å². The molecule has 0 spiro atoms. The Kier molecular flexibility index (Phi) is 4.75. The Morgan fingerprint density at radius 2 is 1.73 bits per heavy atom. The molecule has 3 aromatic rings. The van der Waals surface area contributed by atoms with Gasteiger partial charge in [-0.15, -0.1) is 0 Å². The van der Waals surface area contributed by atoms with Crippen molar-refractivity contribution in [3.05, 3.63) is 59.9 Å². The minimum Gasteiger partial charge on any atom is -0.469 e. The number of aromatic nitrogens is 2. The van der Waals surface area contributed by atoms with Gasteiger partial charge in [0.15, 0.2) is 0 Å². The van der Waals surface area contributed by atoms with Crippen LogP contribution in [0.5, 0.6) is 11.6 Å². The highest BCUT2D eigenvalue weighted by Gasteiger charge is 2.35. The molecule has 8 heteroatoms. The maximum atomic E-state index is 13.0. The number of carbonyl (C=O) groups is 1. The zero-order valence-electron chi connectivity index (χ0n) is 13.6. The van der Waals surface area contributed by atoms with Crippen LogP contribution >= 0.6 is 0 Å². The molecule has 2 aromatic carbocycles. The van der Waals surface area contributed by atoms with Crippen LogP contribution in [0, 0.1) is 0 Å². The third-order valence-electron chi connectivity index (χ3n) is 3.54. The van der Waals surface area contributed by atoms with Crippen molar-refractivity contribution in [1.29, 1.82) is 0 Å². The number of nitrogens with zero attached hydrogens (tertiary/aromatic N) is 2. The van der Waals surface area contributed by atoms with E-state index in [0.29, 0.717) is 10.9 Å². The summed E-state index contributed by atoms with van der Waals surface area (Å²) in [5.74, 6) is -1.57. The number of benzene rings is 2. The molecule has 0 N–H and O–H groups in total. The highest BCUT2D eigenvalue weighted by atomic mass is 19.4. The highest BCUT2D eigenvalue weighted by molar-refractivity contribution is 5.83. The van der Waals surface area contributed by atoms with Crippen molar-refractivity contribution in [2.24, 2.45) is 0 Å². The number of carbonyl (C=O) groups excluding carboxylic acids is 1. The van der Waals surface area contributed by atoms with E-state index in [4.69, 9.17) is 4.74 Å². The Balaban J connectivity index is 1.94. The molecule has 26 heavy (non-hydrogen) atoms. The molecule has 0 atom stereocenters. The van der Waals surface area contributed by atoms with Crippen molar-refractivity contribution in [2.45, 2.75) is 12.6 Å². The Bertz CT molecular complexity index is 941. The zero-order valence-corrected chi connectivity index (χ0v) is 13.6. The summed E-state index contributed by atoms with van der Waals surface area (Å²) in [5.41, 5.74) is 0.819. The second-order valence-electron chi connectivity index (χ2n) is 5.37. The number of hydrogen-bond donors (Lipinski definition) is 0. The average Bonchev–Trinajstić information content (AvgIpc) is 2.62. The van der Waals surface area contributed by atoms with Gasteiger partial charge in [-0.2, -0.15) is 18.2 Å². The highest BCUT2D eigenvalue weighted by Crippen LogP contribution is 2.33. The second-order valence-corrected chi connectivity index (χ2v) is 5.37. The fourth-order valence-corrected chi connectivity index (χ4v) is 2.28. The lowest BCUT2D eigenvalue weighted by Crippen LogP contribution is -2.11. The first-order valence-corrected chi connectivity index (χ1v) is 7.54. The molecule has 0 bridgehead atoms. The molecule has 0 radical (unpaired) electrons. The van der Waals surface area contributed by atoms with Crippen LogP contribution in [0.1, 0.15) is 11.4 Å². The number of esters is 1. The lowest BCUT2D eigenvalue weighted by molar-refractivity contribution is -0.145. The largest absolute Gasteiger partial charge is 0.469 e. The van der Waals surface area contributed by atoms with E-state index in [1.165, 1.54) is 13.2 Å². The molecule has 0 aliphatic carbocycles. The summed E-state index contributed by atoms with van der Waals surface area (Å²) >= 11 is 0. The summed E-state index contributed by atoms with van der Waals surface area (Å²) in [7, 11) is 1.29. The zero-order chi connectivity index (χ0) is 18.7. The average molecular weight is 362 g/mol. The first kappa shape index (κ1) is 17.7. The van der Waals surface area contributed by atoms with Gasteiger partial charge in [-0.05, 0) is 29.8 Å². The van der Waals surface area contributed by atoms with Gasteiger partial charge in [0.05, 0.1) is 24.4 Å². The molecule has 0 fully saturated rings.